The molecular formula is C14H10Cl2N2O3. The van der Waals surface area contributed by atoms with E-state index >= 15 is 0 Å². The molecule has 0 saturated heterocycles. The number of anilines is 1. The number of hydrogen-bond acceptors (Lipinski definition) is 3. The van der Waals surface area contributed by atoms with Crippen molar-refractivity contribution in [3.05, 3.63) is 67.7 Å². The molecule has 0 atom stereocenters. The SMILES string of the molecule is Cc1ccc(NC(=O)c2ccc(Cl)cc2Cl)cc1[N+](=O)[O-]. The standard InChI is InChI=1S/C14H10Cl2N2O3/c1-8-2-4-10(7-13(8)18(20)21)17-14(19)11-5-3-9(15)6-12(11)16/h2-7H,1H3,(H,17,19). The molecule has 0 aliphatic rings. The number of nitrogens with one attached hydrogen (secondary N) is 1. The molecule has 2 aromatic carbocycles. The Hall–Kier alpha value is -2.11. The highest BCUT2D eigenvalue weighted by Crippen LogP contribution is 2.25. The molecule has 1 N–H and O–H groups in total. The highest BCUT2D eigenvalue weighted by atomic mass is 35.5. The summed E-state index contributed by atoms with van der Waals surface area (Å²) in [5.74, 6) is -0.463. The maximum absolute atomic E-state index is 12.1. The summed E-state index contributed by atoms with van der Waals surface area (Å²) in [5.41, 5.74) is 1.02. The van der Waals surface area contributed by atoms with Crippen molar-refractivity contribution < 1.29 is 9.72 Å². The Morgan fingerprint density at radius 3 is 2.52 bits per heavy atom. The van der Waals surface area contributed by atoms with Gasteiger partial charge in [0.1, 0.15) is 0 Å². The first kappa shape index (κ1) is 15.3. The number of hydrogen-bond donors (Lipinski definition) is 1. The number of aryl methyl sites for hydroxylation is 1. The average molecular weight is 325 g/mol. The average Bonchev–Trinajstić information content (AvgIpc) is 2.40. The molecule has 0 fully saturated rings. The lowest BCUT2D eigenvalue weighted by molar-refractivity contribution is -0.385. The largest absolute Gasteiger partial charge is 0.322 e. The van der Waals surface area contributed by atoms with Gasteiger partial charge in [-0.2, -0.15) is 0 Å². The van der Waals surface area contributed by atoms with E-state index in [-0.39, 0.29) is 16.3 Å². The van der Waals surface area contributed by atoms with Crippen LogP contribution in [0.25, 0.3) is 0 Å². The molecule has 0 aromatic heterocycles. The molecule has 21 heavy (non-hydrogen) atoms. The summed E-state index contributed by atoms with van der Waals surface area (Å²) in [6.07, 6.45) is 0. The van der Waals surface area contributed by atoms with Crippen molar-refractivity contribution in [3.63, 3.8) is 0 Å². The van der Waals surface area contributed by atoms with Gasteiger partial charge in [-0.1, -0.05) is 29.3 Å². The molecule has 0 unspecified atom stereocenters. The summed E-state index contributed by atoms with van der Waals surface area (Å²) < 4.78 is 0. The third-order valence-electron chi connectivity index (χ3n) is 2.84. The molecule has 0 radical (unpaired) electrons. The van der Waals surface area contributed by atoms with E-state index in [1.807, 2.05) is 0 Å². The Labute approximate surface area is 130 Å². The normalized spacial score (nSPS) is 10.2. The van der Waals surface area contributed by atoms with E-state index in [1.54, 1.807) is 25.1 Å². The van der Waals surface area contributed by atoms with E-state index in [9.17, 15) is 14.9 Å². The van der Waals surface area contributed by atoms with Crippen LogP contribution in [0, 0.1) is 17.0 Å². The molecule has 0 heterocycles. The van der Waals surface area contributed by atoms with E-state index in [0.29, 0.717) is 16.3 Å². The van der Waals surface area contributed by atoms with Crippen molar-refractivity contribution in [2.24, 2.45) is 0 Å². The van der Waals surface area contributed by atoms with Gasteiger partial charge in [0.15, 0.2) is 0 Å². The van der Waals surface area contributed by atoms with Gasteiger partial charge in [0.2, 0.25) is 0 Å². The third kappa shape index (κ3) is 3.51. The van der Waals surface area contributed by atoms with Crippen LogP contribution in [0.15, 0.2) is 36.4 Å². The Bertz CT molecular complexity index is 732. The number of nitro groups is 1. The Morgan fingerprint density at radius 2 is 1.90 bits per heavy atom. The van der Waals surface area contributed by atoms with Crippen LogP contribution in [0.4, 0.5) is 11.4 Å². The molecular weight excluding hydrogens is 315 g/mol. The molecule has 5 nitrogen and oxygen atoms in total. The lowest BCUT2D eigenvalue weighted by Gasteiger charge is -2.07. The third-order valence-corrected chi connectivity index (χ3v) is 3.39. The van der Waals surface area contributed by atoms with Crippen LogP contribution in [0.5, 0.6) is 0 Å². The summed E-state index contributed by atoms with van der Waals surface area (Å²) in [6, 6.07) is 8.94. The summed E-state index contributed by atoms with van der Waals surface area (Å²) >= 11 is 11.7. The molecule has 2 rings (SSSR count). The molecule has 108 valence electrons. The maximum Gasteiger partial charge on any atom is 0.274 e. The second-order valence-corrected chi connectivity index (χ2v) is 5.18. The first-order valence-electron chi connectivity index (χ1n) is 5.90. The molecule has 1 amide bonds. The highest BCUT2D eigenvalue weighted by Gasteiger charge is 2.14. The van der Waals surface area contributed by atoms with Gasteiger partial charge in [-0.05, 0) is 31.2 Å². The van der Waals surface area contributed by atoms with Crippen molar-refractivity contribution in [1.29, 1.82) is 0 Å². The zero-order chi connectivity index (χ0) is 15.6. The predicted octanol–water partition coefficient (Wildman–Crippen LogP) is 4.46. The quantitative estimate of drug-likeness (QED) is 0.669. The molecule has 7 heteroatoms. The smallest absolute Gasteiger partial charge is 0.274 e. The van der Waals surface area contributed by atoms with Crippen LogP contribution in [-0.2, 0) is 0 Å². The number of carbonyl (C=O) groups is 1. The Kier molecular flexibility index (Phi) is 4.45. The zero-order valence-corrected chi connectivity index (χ0v) is 12.4. The van der Waals surface area contributed by atoms with Gasteiger partial charge in [-0.25, -0.2) is 0 Å². The van der Waals surface area contributed by atoms with Crippen LogP contribution in [0.1, 0.15) is 15.9 Å². The second-order valence-electron chi connectivity index (χ2n) is 4.34. The number of amides is 1. The minimum atomic E-state index is -0.500. The van der Waals surface area contributed by atoms with Crippen LogP contribution >= 0.6 is 23.2 Å². The Balaban J connectivity index is 2.27. The van der Waals surface area contributed by atoms with Crippen LogP contribution in [0.3, 0.4) is 0 Å². The first-order valence-corrected chi connectivity index (χ1v) is 6.65. The number of nitrogens with zero attached hydrogens (tertiary/aromatic N) is 1. The predicted molar refractivity (Wildman–Crippen MR) is 82.2 cm³/mol. The molecule has 0 bridgehead atoms. The van der Waals surface area contributed by atoms with Gasteiger partial charge in [0.05, 0.1) is 15.5 Å². The molecule has 2 aromatic rings. The highest BCUT2D eigenvalue weighted by molar-refractivity contribution is 6.37. The fraction of sp³-hybridized carbons (Fsp3) is 0.0714. The molecule has 0 aliphatic carbocycles. The van der Waals surface area contributed by atoms with E-state index in [0.717, 1.165) is 0 Å². The molecule has 0 aliphatic heterocycles. The summed E-state index contributed by atoms with van der Waals surface area (Å²) in [7, 11) is 0. The van der Waals surface area contributed by atoms with Crippen LogP contribution in [0.2, 0.25) is 10.0 Å². The van der Waals surface area contributed by atoms with Gasteiger partial charge < -0.3 is 5.32 Å². The summed E-state index contributed by atoms with van der Waals surface area (Å²) in [5, 5.41) is 14.1. The lowest BCUT2D eigenvalue weighted by Crippen LogP contribution is -2.12. The number of halogens is 2. The summed E-state index contributed by atoms with van der Waals surface area (Å²) in [4.78, 5) is 22.5. The van der Waals surface area contributed by atoms with Gasteiger partial charge in [0, 0.05) is 22.3 Å². The fourth-order valence-electron chi connectivity index (χ4n) is 1.76. The monoisotopic (exact) mass is 324 g/mol. The van der Waals surface area contributed by atoms with E-state index < -0.39 is 10.8 Å². The van der Waals surface area contributed by atoms with Crippen molar-refractivity contribution in [1.82, 2.24) is 0 Å². The topological polar surface area (TPSA) is 72.2 Å². The van der Waals surface area contributed by atoms with Crippen molar-refractivity contribution >= 4 is 40.5 Å². The zero-order valence-electron chi connectivity index (χ0n) is 10.9. The first-order chi connectivity index (χ1) is 9.88. The van der Waals surface area contributed by atoms with E-state index in [1.165, 1.54) is 18.2 Å². The lowest BCUT2D eigenvalue weighted by atomic mass is 10.1. The Morgan fingerprint density at radius 1 is 1.19 bits per heavy atom. The maximum atomic E-state index is 12.1. The number of rotatable bonds is 3. The number of benzene rings is 2. The van der Waals surface area contributed by atoms with Crippen LogP contribution in [-0.4, -0.2) is 10.8 Å². The van der Waals surface area contributed by atoms with Crippen LogP contribution < -0.4 is 5.32 Å². The summed E-state index contributed by atoms with van der Waals surface area (Å²) in [6.45, 7) is 1.62. The minimum Gasteiger partial charge on any atom is -0.322 e. The molecule has 0 spiro atoms. The number of carbonyl (C=O) groups excluding carboxylic acids is 1. The van der Waals surface area contributed by atoms with Crippen molar-refractivity contribution in [2.45, 2.75) is 6.92 Å². The minimum absolute atomic E-state index is 0.0602. The fourth-order valence-corrected chi connectivity index (χ4v) is 2.25. The van der Waals surface area contributed by atoms with E-state index in [2.05, 4.69) is 5.32 Å². The van der Waals surface area contributed by atoms with Crippen molar-refractivity contribution in [2.75, 3.05) is 5.32 Å². The number of nitro benzene ring substituents is 1. The van der Waals surface area contributed by atoms with Gasteiger partial charge >= 0.3 is 0 Å². The van der Waals surface area contributed by atoms with Gasteiger partial charge in [-0.15, -0.1) is 0 Å². The van der Waals surface area contributed by atoms with Gasteiger partial charge in [0.25, 0.3) is 11.6 Å². The van der Waals surface area contributed by atoms with E-state index in [4.69, 9.17) is 23.2 Å². The van der Waals surface area contributed by atoms with Crippen molar-refractivity contribution in [3.8, 4) is 0 Å². The van der Waals surface area contributed by atoms with Gasteiger partial charge in [-0.3, -0.25) is 14.9 Å². The second kappa shape index (κ2) is 6.11. The molecule has 0 saturated carbocycles.